The van der Waals surface area contributed by atoms with E-state index >= 15 is 0 Å². The molecule has 0 radical (unpaired) electrons. The Bertz CT molecular complexity index is 282. The van der Waals surface area contributed by atoms with E-state index in [9.17, 15) is 4.79 Å². The molecule has 92 valence electrons. The van der Waals surface area contributed by atoms with Crippen molar-refractivity contribution in [2.75, 3.05) is 13.6 Å². The number of rotatable bonds is 0. The smallest absolute Gasteiger partial charge is 0.241 e. The summed E-state index contributed by atoms with van der Waals surface area (Å²) < 4.78 is 0. The quantitative estimate of drug-likeness (QED) is 0.629. The van der Waals surface area contributed by atoms with Crippen LogP contribution in [0.15, 0.2) is 0 Å². The van der Waals surface area contributed by atoms with Crippen molar-refractivity contribution in [1.29, 1.82) is 0 Å². The van der Waals surface area contributed by atoms with E-state index in [1.165, 1.54) is 19.3 Å². The fraction of sp³-hybridized carbons (Fsp3) is 0.923. The first kappa shape index (κ1) is 11.9. The molecule has 0 unspecified atom stereocenters. The molecule has 0 N–H and O–H groups in total. The van der Waals surface area contributed by atoms with Gasteiger partial charge in [-0.1, -0.05) is 33.6 Å². The van der Waals surface area contributed by atoms with Gasteiger partial charge in [0.15, 0.2) is 0 Å². The summed E-state index contributed by atoms with van der Waals surface area (Å²) in [4.78, 5) is 16.6. The second-order valence-electron chi connectivity index (χ2n) is 6.29. The first-order valence-corrected chi connectivity index (χ1v) is 6.45. The number of fused-ring (bicyclic) bond motifs is 1. The van der Waals surface area contributed by atoms with Crippen molar-refractivity contribution in [1.82, 2.24) is 9.80 Å². The van der Waals surface area contributed by atoms with Crippen molar-refractivity contribution in [3.63, 3.8) is 0 Å². The van der Waals surface area contributed by atoms with Crippen molar-refractivity contribution >= 4 is 5.91 Å². The number of carbonyl (C=O) groups is 1. The second-order valence-corrected chi connectivity index (χ2v) is 6.29. The van der Waals surface area contributed by atoms with Gasteiger partial charge in [0, 0.05) is 13.6 Å². The Morgan fingerprint density at radius 1 is 1.19 bits per heavy atom. The van der Waals surface area contributed by atoms with Crippen LogP contribution in [0.1, 0.15) is 46.5 Å². The monoisotopic (exact) mass is 224 g/mol. The standard InChI is InChI=1S/C13H24N2O/c1-13(2,3)12-14(4)11(16)10-8-6-5-7-9-15(10)12/h10,12H,5-9H2,1-4H3/t10-,12-/m0/s1. The van der Waals surface area contributed by atoms with Crippen LogP contribution in [0, 0.1) is 5.41 Å². The number of nitrogens with zero attached hydrogens (tertiary/aromatic N) is 2. The molecule has 0 aromatic carbocycles. The minimum absolute atomic E-state index is 0.142. The molecule has 3 heteroatoms. The fourth-order valence-corrected chi connectivity index (χ4v) is 3.35. The van der Waals surface area contributed by atoms with Gasteiger partial charge >= 0.3 is 0 Å². The summed E-state index contributed by atoms with van der Waals surface area (Å²) in [6.07, 6.45) is 5.06. The first-order chi connectivity index (χ1) is 7.43. The SMILES string of the molecule is CN1C(=O)[C@@H]2CCCCCN2[C@H]1C(C)(C)C. The molecular weight excluding hydrogens is 200 g/mol. The number of likely N-dealkylation sites (N-methyl/N-ethyl adjacent to an activating group) is 1. The molecule has 2 fully saturated rings. The van der Waals surface area contributed by atoms with Crippen LogP contribution in [0.3, 0.4) is 0 Å². The molecule has 2 rings (SSSR count). The molecule has 0 bridgehead atoms. The minimum atomic E-state index is 0.142. The highest BCUT2D eigenvalue weighted by Gasteiger charge is 2.48. The van der Waals surface area contributed by atoms with Crippen LogP contribution in [0.5, 0.6) is 0 Å². The average Bonchev–Trinajstić information content (AvgIpc) is 2.39. The van der Waals surface area contributed by atoms with E-state index in [0.29, 0.717) is 5.91 Å². The van der Waals surface area contributed by atoms with Gasteiger partial charge < -0.3 is 4.90 Å². The molecule has 1 amide bonds. The highest BCUT2D eigenvalue weighted by molar-refractivity contribution is 5.84. The highest BCUT2D eigenvalue weighted by atomic mass is 16.2. The van der Waals surface area contributed by atoms with Crippen molar-refractivity contribution < 1.29 is 4.79 Å². The maximum Gasteiger partial charge on any atom is 0.241 e. The predicted molar refractivity (Wildman–Crippen MR) is 65.0 cm³/mol. The lowest BCUT2D eigenvalue weighted by Gasteiger charge is -2.38. The molecule has 2 atom stereocenters. The lowest BCUT2D eigenvalue weighted by Crippen LogP contribution is -2.48. The van der Waals surface area contributed by atoms with Crippen LogP contribution in [0.4, 0.5) is 0 Å². The summed E-state index contributed by atoms with van der Waals surface area (Å²) >= 11 is 0. The van der Waals surface area contributed by atoms with Gasteiger partial charge in [-0.2, -0.15) is 0 Å². The van der Waals surface area contributed by atoms with Crippen molar-refractivity contribution in [2.24, 2.45) is 5.41 Å². The molecule has 0 aliphatic carbocycles. The molecule has 2 heterocycles. The summed E-state index contributed by atoms with van der Waals surface area (Å²) in [6.45, 7) is 7.78. The van der Waals surface area contributed by atoms with Crippen LogP contribution < -0.4 is 0 Å². The largest absolute Gasteiger partial charge is 0.328 e. The second kappa shape index (κ2) is 4.02. The third kappa shape index (κ3) is 1.86. The van der Waals surface area contributed by atoms with Crippen LogP contribution in [-0.4, -0.2) is 41.5 Å². The van der Waals surface area contributed by atoms with Gasteiger partial charge in [0.05, 0.1) is 12.2 Å². The van der Waals surface area contributed by atoms with Crippen LogP contribution in [0.25, 0.3) is 0 Å². The van der Waals surface area contributed by atoms with Crippen LogP contribution in [0.2, 0.25) is 0 Å². The molecule has 3 nitrogen and oxygen atoms in total. The maximum absolute atomic E-state index is 12.2. The molecular formula is C13H24N2O. The summed E-state index contributed by atoms with van der Waals surface area (Å²) in [6, 6.07) is 0.164. The Morgan fingerprint density at radius 3 is 2.50 bits per heavy atom. The average molecular weight is 224 g/mol. The van der Waals surface area contributed by atoms with Crippen LogP contribution in [-0.2, 0) is 4.79 Å². The fourth-order valence-electron chi connectivity index (χ4n) is 3.35. The molecule has 0 saturated carbocycles. The van der Waals surface area contributed by atoms with E-state index in [2.05, 4.69) is 25.7 Å². The zero-order chi connectivity index (χ0) is 11.9. The Labute approximate surface area is 98.8 Å². The highest BCUT2D eigenvalue weighted by Crippen LogP contribution is 2.36. The first-order valence-electron chi connectivity index (χ1n) is 6.45. The molecule has 0 spiro atoms. The predicted octanol–water partition coefficient (Wildman–Crippen LogP) is 2.08. The summed E-state index contributed by atoms with van der Waals surface area (Å²) in [5, 5.41) is 0. The lowest BCUT2D eigenvalue weighted by atomic mass is 9.91. The van der Waals surface area contributed by atoms with E-state index in [4.69, 9.17) is 0 Å². The zero-order valence-corrected chi connectivity index (χ0v) is 11.0. The van der Waals surface area contributed by atoms with Gasteiger partial charge in [-0.15, -0.1) is 0 Å². The minimum Gasteiger partial charge on any atom is -0.328 e. The van der Waals surface area contributed by atoms with Gasteiger partial charge in [0.1, 0.15) is 0 Å². The number of carbonyl (C=O) groups excluding carboxylic acids is 1. The summed E-state index contributed by atoms with van der Waals surface area (Å²) in [5.74, 6) is 0.335. The lowest BCUT2D eigenvalue weighted by molar-refractivity contribution is -0.129. The van der Waals surface area contributed by atoms with Crippen molar-refractivity contribution in [3.05, 3.63) is 0 Å². The van der Waals surface area contributed by atoms with E-state index in [0.717, 1.165) is 13.0 Å². The van der Waals surface area contributed by atoms with Gasteiger partial charge in [-0.25, -0.2) is 0 Å². The Hall–Kier alpha value is -0.570. The Balaban J connectivity index is 2.28. The summed E-state index contributed by atoms with van der Waals surface area (Å²) in [5.41, 5.74) is 0.142. The van der Waals surface area contributed by atoms with Crippen LogP contribution >= 0.6 is 0 Å². The van der Waals surface area contributed by atoms with Crippen molar-refractivity contribution in [3.8, 4) is 0 Å². The van der Waals surface area contributed by atoms with Crippen molar-refractivity contribution in [2.45, 2.75) is 58.7 Å². The topological polar surface area (TPSA) is 23.6 Å². The molecule has 2 aliphatic heterocycles. The van der Waals surface area contributed by atoms with Gasteiger partial charge in [-0.05, 0) is 18.3 Å². The molecule has 2 aliphatic rings. The summed E-state index contributed by atoms with van der Waals surface area (Å²) in [7, 11) is 1.97. The van der Waals surface area contributed by atoms with E-state index in [1.807, 2.05) is 11.9 Å². The molecule has 16 heavy (non-hydrogen) atoms. The number of amides is 1. The number of hydrogen-bond donors (Lipinski definition) is 0. The van der Waals surface area contributed by atoms with Gasteiger partial charge in [0.2, 0.25) is 5.91 Å². The Kier molecular flexibility index (Phi) is 2.99. The third-order valence-electron chi connectivity index (χ3n) is 3.88. The van der Waals surface area contributed by atoms with E-state index in [-0.39, 0.29) is 17.6 Å². The Morgan fingerprint density at radius 2 is 1.88 bits per heavy atom. The number of hydrogen-bond acceptors (Lipinski definition) is 2. The van der Waals surface area contributed by atoms with Gasteiger partial charge in [0.25, 0.3) is 0 Å². The van der Waals surface area contributed by atoms with E-state index in [1.54, 1.807) is 0 Å². The van der Waals surface area contributed by atoms with E-state index < -0.39 is 0 Å². The third-order valence-corrected chi connectivity index (χ3v) is 3.88. The maximum atomic E-state index is 12.2. The molecule has 0 aromatic heterocycles. The zero-order valence-electron chi connectivity index (χ0n) is 11.0. The normalized spacial score (nSPS) is 32.8. The molecule has 0 aromatic rings. The molecule has 2 saturated heterocycles. The van der Waals surface area contributed by atoms with Gasteiger partial charge in [-0.3, -0.25) is 9.69 Å².